The fourth-order valence-corrected chi connectivity index (χ4v) is 3.05. The van der Waals surface area contributed by atoms with Crippen molar-refractivity contribution in [2.24, 2.45) is 0 Å². The van der Waals surface area contributed by atoms with E-state index < -0.39 is 0 Å². The summed E-state index contributed by atoms with van der Waals surface area (Å²) < 4.78 is 5.29. The lowest BCUT2D eigenvalue weighted by molar-refractivity contribution is 0.412. The molecular weight excluding hydrogens is 266 g/mol. The number of aryl methyl sites for hydroxylation is 2. The van der Waals surface area contributed by atoms with Crippen LogP contribution in [0, 0.1) is 13.8 Å². The van der Waals surface area contributed by atoms with Gasteiger partial charge in [0, 0.05) is 5.69 Å². The lowest BCUT2D eigenvalue weighted by Crippen LogP contribution is -2.06. The van der Waals surface area contributed by atoms with E-state index in [4.69, 9.17) is 16.3 Å². The van der Waals surface area contributed by atoms with Crippen LogP contribution in [0.2, 0.25) is 0 Å². The van der Waals surface area contributed by atoms with Crippen LogP contribution in [0.3, 0.4) is 0 Å². The van der Waals surface area contributed by atoms with Crippen molar-refractivity contribution in [2.75, 3.05) is 12.4 Å². The van der Waals surface area contributed by atoms with Gasteiger partial charge in [-0.3, -0.25) is 0 Å². The van der Waals surface area contributed by atoms with Crippen molar-refractivity contribution in [1.82, 2.24) is 0 Å². The summed E-state index contributed by atoms with van der Waals surface area (Å²) in [4.78, 5) is 1.00. The lowest BCUT2D eigenvalue weighted by atomic mass is 10.1. The number of ether oxygens (including phenoxy) is 1. The number of hydrogen-bond donors (Lipinski definition) is 1. The second-order valence-corrected chi connectivity index (χ2v) is 5.51. The molecule has 0 saturated heterocycles. The van der Waals surface area contributed by atoms with E-state index in [0.717, 1.165) is 16.3 Å². The van der Waals surface area contributed by atoms with E-state index in [-0.39, 0.29) is 5.50 Å². The molecule has 0 aliphatic heterocycles. The monoisotopic (exact) mass is 281 g/mol. The van der Waals surface area contributed by atoms with Gasteiger partial charge in [-0.2, -0.15) is 0 Å². The number of para-hydroxylation sites is 1. The van der Waals surface area contributed by atoms with Crippen LogP contribution in [0.15, 0.2) is 29.6 Å². The lowest BCUT2D eigenvalue weighted by Gasteiger charge is -2.17. The van der Waals surface area contributed by atoms with Crippen LogP contribution in [-0.2, 0) is 0 Å². The number of rotatable bonds is 4. The van der Waals surface area contributed by atoms with Crippen LogP contribution in [0.25, 0.3) is 0 Å². The first-order valence-electron chi connectivity index (χ1n) is 5.71. The van der Waals surface area contributed by atoms with E-state index >= 15 is 0 Å². The minimum Gasteiger partial charge on any atom is -0.495 e. The summed E-state index contributed by atoms with van der Waals surface area (Å²) >= 11 is 8.02. The molecule has 2 rings (SSSR count). The van der Waals surface area contributed by atoms with Crippen molar-refractivity contribution < 1.29 is 4.74 Å². The third-order valence-electron chi connectivity index (χ3n) is 2.86. The van der Waals surface area contributed by atoms with Crippen molar-refractivity contribution >= 4 is 28.6 Å². The van der Waals surface area contributed by atoms with Crippen molar-refractivity contribution in [3.8, 4) is 5.75 Å². The summed E-state index contributed by atoms with van der Waals surface area (Å²) in [5.41, 5.74) is 3.19. The molecule has 0 amide bonds. The van der Waals surface area contributed by atoms with Gasteiger partial charge in [0.15, 0.2) is 0 Å². The van der Waals surface area contributed by atoms with Gasteiger partial charge in [-0.25, -0.2) is 0 Å². The molecule has 0 saturated carbocycles. The number of halogens is 1. The fraction of sp³-hybridized carbons (Fsp3) is 0.286. The molecule has 2 nitrogen and oxygen atoms in total. The SMILES string of the molecule is COc1ccsc1C(Cl)Nc1c(C)cccc1C. The summed E-state index contributed by atoms with van der Waals surface area (Å²) in [6, 6.07) is 8.13. The molecule has 1 unspecified atom stereocenters. The molecule has 0 radical (unpaired) electrons. The molecule has 96 valence electrons. The van der Waals surface area contributed by atoms with Crippen LogP contribution in [0.1, 0.15) is 21.5 Å². The van der Waals surface area contributed by atoms with E-state index in [0.29, 0.717) is 0 Å². The molecular formula is C14H16ClNOS. The molecule has 4 heteroatoms. The molecule has 0 bridgehead atoms. The molecule has 1 heterocycles. The number of benzene rings is 1. The number of hydrogen-bond acceptors (Lipinski definition) is 3. The second kappa shape index (κ2) is 5.63. The van der Waals surface area contributed by atoms with E-state index in [1.54, 1.807) is 18.4 Å². The molecule has 18 heavy (non-hydrogen) atoms. The third kappa shape index (κ3) is 2.62. The van der Waals surface area contributed by atoms with Gasteiger partial charge in [0.05, 0.1) is 12.0 Å². The van der Waals surface area contributed by atoms with Gasteiger partial charge in [-0.1, -0.05) is 29.8 Å². The molecule has 2 aromatic rings. The van der Waals surface area contributed by atoms with Gasteiger partial charge >= 0.3 is 0 Å². The second-order valence-electron chi connectivity index (χ2n) is 4.13. The first-order valence-corrected chi connectivity index (χ1v) is 7.03. The van der Waals surface area contributed by atoms with Gasteiger partial charge in [-0.15, -0.1) is 11.3 Å². The summed E-state index contributed by atoms with van der Waals surface area (Å²) in [5, 5.41) is 5.33. The van der Waals surface area contributed by atoms with Gasteiger partial charge in [-0.05, 0) is 36.4 Å². The predicted octanol–water partition coefficient (Wildman–Crippen LogP) is 4.72. The Kier molecular flexibility index (Phi) is 4.15. The van der Waals surface area contributed by atoms with E-state index in [1.165, 1.54) is 11.1 Å². The zero-order chi connectivity index (χ0) is 13.1. The molecule has 1 aromatic heterocycles. The van der Waals surface area contributed by atoms with E-state index in [2.05, 4.69) is 31.3 Å². The highest BCUT2D eigenvalue weighted by atomic mass is 35.5. The average molecular weight is 282 g/mol. The van der Waals surface area contributed by atoms with Crippen molar-refractivity contribution in [2.45, 2.75) is 19.3 Å². The average Bonchev–Trinajstić information content (AvgIpc) is 2.82. The molecule has 0 fully saturated rings. The van der Waals surface area contributed by atoms with E-state index in [9.17, 15) is 0 Å². The number of thiophene rings is 1. The van der Waals surface area contributed by atoms with E-state index in [1.807, 2.05) is 17.5 Å². The summed E-state index contributed by atoms with van der Waals surface area (Å²) in [5.74, 6) is 0.832. The van der Waals surface area contributed by atoms with Gasteiger partial charge in [0.1, 0.15) is 11.3 Å². The zero-order valence-corrected chi connectivity index (χ0v) is 12.2. The van der Waals surface area contributed by atoms with Gasteiger partial charge in [0.25, 0.3) is 0 Å². The molecule has 1 aromatic carbocycles. The maximum atomic E-state index is 6.43. The predicted molar refractivity (Wildman–Crippen MR) is 79.0 cm³/mol. The maximum absolute atomic E-state index is 6.43. The van der Waals surface area contributed by atoms with Crippen LogP contribution in [-0.4, -0.2) is 7.11 Å². The highest BCUT2D eigenvalue weighted by Gasteiger charge is 2.16. The summed E-state index contributed by atoms with van der Waals surface area (Å²) in [7, 11) is 1.66. The molecule has 0 aliphatic carbocycles. The zero-order valence-electron chi connectivity index (χ0n) is 10.7. The highest BCUT2D eigenvalue weighted by molar-refractivity contribution is 7.10. The molecule has 0 aliphatic rings. The van der Waals surface area contributed by atoms with Crippen molar-refractivity contribution in [3.63, 3.8) is 0 Å². The van der Waals surface area contributed by atoms with Crippen molar-refractivity contribution in [1.29, 1.82) is 0 Å². The van der Waals surface area contributed by atoms with Crippen LogP contribution in [0.4, 0.5) is 5.69 Å². The quantitative estimate of drug-likeness (QED) is 0.646. The highest BCUT2D eigenvalue weighted by Crippen LogP contribution is 2.36. The van der Waals surface area contributed by atoms with Gasteiger partial charge in [0.2, 0.25) is 0 Å². The summed E-state index contributed by atoms with van der Waals surface area (Å²) in [6.45, 7) is 4.15. The van der Waals surface area contributed by atoms with Gasteiger partial charge < -0.3 is 10.1 Å². The minimum absolute atomic E-state index is 0.278. The minimum atomic E-state index is -0.278. The Bertz CT molecular complexity index is 518. The molecule has 1 N–H and O–H groups in total. The standard InChI is InChI=1S/C14H16ClNOS/c1-9-5-4-6-10(2)12(9)16-14(15)13-11(17-3)7-8-18-13/h4-8,14,16H,1-3H3. The summed E-state index contributed by atoms with van der Waals surface area (Å²) in [6.07, 6.45) is 0. The smallest absolute Gasteiger partial charge is 0.140 e. The Morgan fingerprint density at radius 2 is 1.89 bits per heavy atom. The fourth-order valence-electron chi connectivity index (χ4n) is 1.90. The Hall–Kier alpha value is -1.19. The maximum Gasteiger partial charge on any atom is 0.140 e. The number of nitrogens with one attached hydrogen (secondary N) is 1. The first kappa shape index (κ1) is 13.2. The number of anilines is 1. The van der Waals surface area contributed by atoms with Crippen LogP contribution >= 0.6 is 22.9 Å². The molecule has 0 spiro atoms. The topological polar surface area (TPSA) is 21.3 Å². The Labute approximate surface area is 117 Å². The Morgan fingerprint density at radius 3 is 2.50 bits per heavy atom. The van der Waals surface area contributed by atoms with Crippen molar-refractivity contribution in [3.05, 3.63) is 45.6 Å². The normalized spacial score (nSPS) is 12.2. The third-order valence-corrected chi connectivity index (χ3v) is 4.28. The largest absolute Gasteiger partial charge is 0.495 e. The number of methoxy groups -OCH3 is 1. The number of alkyl halides is 1. The van der Waals surface area contributed by atoms with Crippen LogP contribution < -0.4 is 10.1 Å². The Balaban J connectivity index is 2.24. The Morgan fingerprint density at radius 1 is 1.22 bits per heavy atom. The molecule has 1 atom stereocenters. The first-order chi connectivity index (χ1) is 8.63. The van der Waals surface area contributed by atoms with Crippen LogP contribution in [0.5, 0.6) is 5.75 Å².